The number of benzene rings is 12. The van der Waals surface area contributed by atoms with Crippen molar-refractivity contribution >= 4 is 32.3 Å². The third-order valence-electron chi connectivity index (χ3n) is 13.3. The van der Waals surface area contributed by atoms with Gasteiger partial charge < -0.3 is 0 Å². The van der Waals surface area contributed by atoms with E-state index >= 15 is 0 Å². The fourth-order valence-corrected chi connectivity index (χ4v) is 10.0. The monoisotopic (exact) mass is 836 g/mol. The Kier molecular flexibility index (Phi) is 9.97. The van der Waals surface area contributed by atoms with Gasteiger partial charge in [0.2, 0.25) is 0 Å². The molecule has 0 radical (unpaired) electrons. The lowest BCUT2D eigenvalue weighted by atomic mass is 9.80. The van der Waals surface area contributed by atoms with Gasteiger partial charge in [-0.15, -0.1) is 0 Å². The Morgan fingerprint density at radius 1 is 0.152 bits per heavy atom. The maximum Gasteiger partial charge on any atom is -0.00199 e. The maximum absolute atomic E-state index is 2.44. The van der Waals surface area contributed by atoms with E-state index in [1.54, 1.807) is 0 Å². The highest BCUT2D eigenvalue weighted by atomic mass is 14.3. The Balaban J connectivity index is 1.09. The van der Waals surface area contributed by atoms with Crippen molar-refractivity contribution in [1.82, 2.24) is 0 Å². The van der Waals surface area contributed by atoms with Gasteiger partial charge in [-0.3, -0.25) is 0 Å². The quantitative estimate of drug-likeness (QED) is 0.134. The average Bonchev–Trinajstić information content (AvgIpc) is 3.40. The van der Waals surface area contributed by atoms with Gasteiger partial charge in [-0.1, -0.05) is 243 Å². The first-order valence-corrected chi connectivity index (χ1v) is 22.8. The molecule has 0 heterocycles. The molecule has 12 aromatic carbocycles. The fraction of sp³-hybridized carbons (Fsp3) is 0. The Hall–Kier alpha value is -8.58. The van der Waals surface area contributed by atoms with E-state index in [-0.39, 0.29) is 0 Å². The second kappa shape index (κ2) is 16.8. The molecular formula is C66H44. The first-order chi connectivity index (χ1) is 32.7. The van der Waals surface area contributed by atoms with E-state index in [1.807, 2.05) is 0 Å². The van der Waals surface area contributed by atoms with Gasteiger partial charge in [-0.05, 0) is 146 Å². The summed E-state index contributed by atoms with van der Waals surface area (Å²) in [6.45, 7) is 0. The van der Waals surface area contributed by atoms with Gasteiger partial charge in [0.15, 0.2) is 0 Å². The second-order valence-electron chi connectivity index (χ2n) is 17.2. The molecule has 0 aliphatic carbocycles. The summed E-state index contributed by atoms with van der Waals surface area (Å²) in [7, 11) is 0. The van der Waals surface area contributed by atoms with E-state index in [1.165, 1.54) is 121 Å². The summed E-state index contributed by atoms with van der Waals surface area (Å²) in [6.07, 6.45) is 0. The minimum atomic E-state index is 1.19. The van der Waals surface area contributed by atoms with Crippen molar-refractivity contribution in [2.24, 2.45) is 0 Å². The van der Waals surface area contributed by atoms with Crippen molar-refractivity contribution < 1.29 is 0 Å². The molecule has 0 aromatic heterocycles. The van der Waals surface area contributed by atoms with Gasteiger partial charge in [0.05, 0.1) is 0 Å². The summed E-state index contributed by atoms with van der Waals surface area (Å²) >= 11 is 0. The highest BCUT2D eigenvalue weighted by Crippen LogP contribution is 2.50. The summed E-state index contributed by atoms with van der Waals surface area (Å²) in [4.78, 5) is 0. The van der Waals surface area contributed by atoms with Crippen LogP contribution in [-0.4, -0.2) is 0 Å². The summed E-state index contributed by atoms with van der Waals surface area (Å²) in [6, 6.07) is 97.9. The number of hydrogen-bond donors (Lipinski definition) is 0. The number of hydrogen-bond acceptors (Lipinski definition) is 0. The van der Waals surface area contributed by atoms with Crippen molar-refractivity contribution in [2.45, 2.75) is 0 Å². The van der Waals surface area contributed by atoms with Gasteiger partial charge >= 0.3 is 0 Å². The lowest BCUT2D eigenvalue weighted by molar-refractivity contribution is 1.56. The molecule has 0 aliphatic heterocycles. The van der Waals surface area contributed by atoms with Gasteiger partial charge in [0.25, 0.3) is 0 Å². The molecule has 0 saturated carbocycles. The molecule has 66 heavy (non-hydrogen) atoms. The van der Waals surface area contributed by atoms with Crippen molar-refractivity contribution in [3.63, 3.8) is 0 Å². The molecule has 0 fully saturated rings. The first-order valence-electron chi connectivity index (χ1n) is 22.8. The maximum atomic E-state index is 2.44. The molecule has 0 atom stereocenters. The largest absolute Gasteiger partial charge is 0.0622 e. The summed E-state index contributed by atoms with van der Waals surface area (Å²) < 4.78 is 0. The Bertz CT molecular complexity index is 3440. The smallest absolute Gasteiger partial charge is 0.00199 e. The SMILES string of the molecule is c1ccc(-c2ccc(-c3ccc(-c4c5ccccc5c(-c5ccc(-c6ccc(-c7ccccc7)cc6)cc5-c5ccccc5)c5cc6ccccc6cc45)c(-c4ccccc4)c3)cc2)cc1. The van der Waals surface area contributed by atoms with Crippen LogP contribution in [0.2, 0.25) is 0 Å². The summed E-state index contributed by atoms with van der Waals surface area (Å²) in [5.41, 5.74) is 19.4. The van der Waals surface area contributed by atoms with Crippen molar-refractivity contribution in [3.8, 4) is 89.0 Å². The molecule has 0 nitrogen and oxygen atoms in total. The predicted molar refractivity (Wildman–Crippen MR) is 282 cm³/mol. The molecule has 0 saturated heterocycles. The molecule has 12 aromatic rings. The molecule has 0 unspecified atom stereocenters. The Labute approximate surface area is 386 Å². The van der Waals surface area contributed by atoms with Crippen LogP contribution in [0.5, 0.6) is 0 Å². The molecule has 12 rings (SSSR count). The number of fused-ring (bicyclic) bond motifs is 3. The van der Waals surface area contributed by atoms with Crippen LogP contribution in [0.25, 0.3) is 121 Å². The minimum Gasteiger partial charge on any atom is -0.0622 e. The van der Waals surface area contributed by atoms with E-state index in [0.29, 0.717) is 0 Å². The zero-order valence-electron chi connectivity index (χ0n) is 36.4. The van der Waals surface area contributed by atoms with Crippen LogP contribution in [0.1, 0.15) is 0 Å². The topological polar surface area (TPSA) is 0 Å². The van der Waals surface area contributed by atoms with E-state index < -0.39 is 0 Å². The van der Waals surface area contributed by atoms with Gasteiger partial charge in [0, 0.05) is 0 Å². The lowest BCUT2D eigenvalue weighted by Crippen LogP contribution is -1.95. The van der Waals surface area contributed by atoms with Crippen molar-refractivity contribution in [3.05, 3.63) is 267 Å². The van der Waals surface area contributed by atoms with Gasteiger partial charge in [-0.2, -0.15) is 0 Å². The predicted octanol–water partition coefficient (Wildman–Crippen LogP) is 18.5. The van der Waals surface area contributed by atoms with Crippen LogP contribution in [-0.2, 0) is 0 Å². The van der Waals surface area contributed by atoms with Crippen LogP contribution in [0.3, 0.4) is 0 Å². The highest BCUT2D eigenvalue weighted by Gasteiger charge is 2.22. The zero-order chi connectivity index (χ0) is 43.8. The molecule has 0 N–H and O–H groups in total. The van der Waals surface area contributed by atoms with Gasteiger partial charge in [0.1, 0.15) is 0 Å². The van der Waals surface area contributed by atoms with Crippen LogP contribution in [0.4, 0.5) is 0 Å². The highest BCUT2D eigenvalue weighted by molar-refractivity contribution is 6.25. The van der Waals surface area contributed by atoms with E-state index in [2.05, 4.69) is 267 Å². The third-order valence-corrected chi connectivity index (χ3v) is 13.3. The second-order valence-corrected chi connectivity index (χ2v) is 17.2. The standard InChI is InChI=1S/C66H44/c1-5-17-45(18-6-1)47-29-33-49(34-30-47)55-37-39-59(61(41-55)51-21-9-3-10-22-51)65-57-27-15-16-28-58(57)66(64-44-54-26-14-13-25-53(54)43-63(64)65)60-40-38-56(42-62(60)52-23-11-4-12-24-52)50-35-31-48(32-36-50)46-19-7-2-8-20-46/h1-44H. The lowest BCUT2D eigenvalue weighted by Gasteiger charge is -2.22. The molecular weight excluding hydrogens is 793 g/mol. The fourth-order valence-electron chi connectivity index (χ4n) is 10.0. The first kappa shape index (κ1) is 39.0. The summed E-state index contributed by atoms with van der Waals surface area (Å²) in [5.74, 6) is 0. The average molecular weight is 837 g/mol. The van der Waals surface area contributed by atoms with E-state index in [9.17, 15) is 0 Å². The van der Waals surface area contributed by atoms with Gasteiger partial charge in [-0.25, -0.2) is 0 Å². The molecule has 308 valence electrons. The Morgan fingerprint density at radius 2 is 0.424 bits per heavy atom. The van der Waals surface area contributed by atoms with Crippen molar-refractivity contribution in [2.75, 3.05) is 0 Å². The summed E-state index contributed by atoms with van der Waals surface area (Å²) in [5, 5.41) is 7.38. The van der Waals surface area contributed by atoms with Crippen LogP contribution >= 0.6 is 0 Å². The molecule has 0 bridgehead atoms. The third kappa shape index (κ3) is 7.16. The van der Waals surface area contributed by atoms with Crippen LogP contribution in [0, 0.1) is 0 Å². The molecule has 0 amide bonds. The van der Waals surface area contributed by atoms with Crippen LogP contribution in [0.15, 0.2) is 267 Å². The normalized spacial score (nSPS) is 11.3. The Morgan fingerprint density at radius 3 is 0.788 bits per heavy atom. The molecule has 0 spiro atoms. The molecule has 0 aliphatic rings. The minimum absolute atomic E-state index is 1.19. The zero-order valence-corrected chi connectivity index (χ0v) is 36.4. The van der Waals surface area contributed by atoms with E-state index in [4.69, 9.17) is 0 Å². The van der Waals surface area contributed by atoms with E-state index in [0.717, 1.165) is 0 Å². The van der Waals surface area contributed by atoms with Crippen molar-refractivity contribution in [1.29, 1.82) is 0 Å². The number of rotatable bonds is 8. The van der Waals surface area contributed by atoms with Crippen LogP contribution < -0.4 is 0 Å². The molecule has 0 heteroatoms.